The third-order valence-corrected chi connectivity index (χ3v) is 0.390. The van der Waals surface area contributed by atoms with Crippen molar-refractivity contribution in [1.82, 2.24) is 5.32 Å². The van der Waals surface area contributed by atoms with Crippen LogP contribution in [0.1, 0.15) is 20.3 Å². The zero-order valence-electron chi connectivity index (χ0n) is 6.52. The minimum atomic E-state index is -0.407. The fraction of sp³-hybridized carbons (Fsp3) is 0.833. The van der Waals surface area contributed by atoms with Crippen molar-refractivity contribution < 1.29 is 9.53 Å². The molecule has 0 heterocycles. The number of methoxy groups -OCH3 is 1. The highest BCUT2D eigenvalue weighted by Crippen LogP contribution is 1.62. The number of carbonyl (C=O) groups excluding carboxylic acids is 1. The van der Waals surface area contributed by atoms with Crippen LogP contribution in [0, 0.1) is 0 Å². The summed E-state index contributed by atoms with van der Waals surface area (Å²) in [5, 5.41) is 2.25. The van der Waals surface area contributed by atoms with Crippen LogP contribution in [0.2, 0.25) is 0 Å². The first-order valence-corrected chi connectivity index (χ1v) is 2.98. The molecule has 0 fully saturated rings. The van der Waals surface area contributed by atoms with Crippen molar-refractivity contribution in [3.8, 4) is 0 Å². The fourth-order valence-corrected chi connectivity index (χ4v) is 0.102. The topological polar surface area (TPSA) is 38.3 Å². The Balaban J connectivity index is 0. The van der Waals surface area contributed by atoms with Gasteiger partial charge in [0.15, 0.2) is 0 Å². The van der Waals surface area contributed by atoms with Gasteiger partial charge in [-0.15, -0.1) is 0 Å². The molecule has 0 atom stereocenters. The highest BCUT2D eigenvalue weighted by molar-refractivity contribution is 5.66. The Morgan fingerprint density at radius 2 is 1.89 bits per heavy atom. The maximum atomic E-state index is 9.85. The summed E-state index contributed by atoms with van der Waals surface area (Å²) in [6, 6.07) is 0. The number of hydrogen-bond donors (Lipinski definition) is 1. The lowest BCUT2D eigenvalue weighted by molar-refractivity contribution is 0.173. The molecular weight excluding hydrogens is 118 g/mol. The highest BCUT2D eigenvalue weighted by atomic mass is 16.5. The fourth-order valence-electron chi connectivity index (χ4n) is 0.102. The molecule has 56 valence electrons. The molecule has 0 bridgehead atoms. The molecule has 0 aromatic carbocycles. The van der Waals surface area contributed by atoms with Crippen molar-refractivity contribution in [3.05, 3.63) is 0 Å². The Morgan fingerprint density at radius 1 is 1.56 bits per heavy atom. The Morgan fingerprint density at radius 3 is 1.89 bits per heavy atom. The van der Waals surface area contributed by atoms with E-state index in [0.29, 0.717) is 0 Å². The first-order valence-electron chi connectivity index (χ1n) is 2.98. The summed E-state index contributed by atoms with van der Waals surface area (Å²) in [4.78, 5) is 9.85. The molecule has 3 heteroatoms. The molecule has 0 rings (SSSR count). The van der Waals surface area contributed by atoms with E-state index >= 15 is 0 Å². The number of carbonyl (C=O) groups is 1. The summed E-state index contributed by atoms with van der Waals surface area (Å²) in [6.07, 6.45) is 0.843. The molecule has 1 amide bonds. The summed E-state index contributed by atoms with van der Waals surface area (Å²) in [5.41, 5.74) is 0. The summed E-state index contributed by atoms with van der Waals surface area (Å²) in [6.45, 7) is 4.25. The quantitative estimate of drug-likeness (QED) is 0.542. The second kappa shape index (κ2) is 10.3. The van der Waals surface area contributed by atoms with Crippen LogP contribution in [0.4, 0.5) is 4.79 Å². The summed E-state index contributed by atoms with van der Waals surface area (Å²) < 4.78 is 4.15. The first kappa shape index (κ1) is 11.1. The maximum absolute atomic E-state index is 9.85. The van der Waals surface area contributed by atoms with Crippen molar-refractivity contribution in [1.29, 1.82) is 0 Å². The molecule has 0 aliphatic heterocycles. The lowest BCUT2D eigenvalue weighted by atomic mass is 10.6. The number of ether oxygens (including phenoxy) is 1. The van der Waals surface area contributed by atoms with Crippen LogP contribution in [0.5, 0.6) is 0 Å². The smallest absolute Gasteiger partial charge is 0.406 e. The molecule has 0 radical (unpaired) electrons. The maximum Gasteiger partial charge on any atom is 0.406 e. The van der Waals surface area contributed by atoms with Crippen molar-refractivity contribution in [2.24, 2.45) is 0 Å². The van der Waals surface area contributed by atoms with Gasteiger partial charge in [0.2, 0.25) is 0 Å². The van der Waals surface area contributed by atoms with Gasteiger partial charge >= 0.3 is 6.09 Å². The van der Waals surface area contributed by atoms with Crippen molar-refractivity contribution in [2.45, 2.75) is 20.3 Å². The lowest BCUT2D eigenvalue weighted by Crippen LogP contribution is -2.16. The molecule has 0 aliphatic carbocycles. The molecule has 0 saturated heterocycles. The van der Waals surface area contributed by atoms with Crippen LogP contribution in [-0.2, 0) is 4.74 Å². The van der Waals surface area contributed by atoms with Gasteiger partial charge in [-0.1, -0.05) is 20.3 Å². The predicted octanol–water partition coefficient (Wildman–Crippen LogP) is 1.39. The molecule has 3 nitrogen and oxygen atoms in total. The van der Waals surface area contributed by atoms with Gasteiger partial charge in [0.1, 0.15) is 0 Å². The number of amides is 1. The van der Waals surface area contributed by atoms with E-state index in [4.69, 9.17) is 0 Å². The molecule has 0 aromatic rings. The van der Waals surface area contributed by atoms with Crippen LogP contribution in [-0.4, -0.2) is 20.3 Å². The first-order chi connectivity index (χ1) is 4.22. The molecular formula is C6H15NO2. The second-order valence-electron chi connectivity index (χ2n) is 1.45. The van der Waals surface area contributed by atoms with E-state index in [1.807, 2.05) is 0 Å². The van der Waals surface area contributed by atoms with E-state index < -0.39 is 6.09 Å². The summed E-state index contributed by atoms with van der Waals surface area (Å²) >= 11 is 0. The summed E-state index contributed by atoms with van der Waals surface area (Å²) in [7, 11) is 2.82. The van der Waals surface area contributed by atoms with E-state index in [1.54, 1.807) is 0 Å². The number of alkyl carbamates (subject to hydrolysis) is 1. The van der Waals surface area contributed by atoms with Gasteiger partial charge in [-0.05, 0) is 0 Å². The molecule has 0 saturated carbocycles. The van der Waals surface area contributed by atoms with E-state index in [9.17, 15) is 4.79 Å². The van der Waals surface area contributed by atoms with Crippen LogP contribution in [0.25, 0.3) is 0 Å². The number of rotatable bonds is 0. The van der Waals surface area contributed by atoms with Crippen LogP contribution < -0.4 is 5.32 Å². The lowest BCUT2D eigenvalue weighted by Gasteiger charge is -1.90. The van der Waals surface area contributed by atoms with Gasteiger partial charge in [0.05, 0.1) is 7.11 Å². The SMILES string of the molecule is CCC.CNC(=O)OC. The highest BCUT2D eigenvalue weighted by Gasteiger charge is 1.85. The molecule has 1 N–H and O–H groups in total. The normalized spacial score (nSPS) is 6.67. The van der Waals surface area contributed by atoms with Gasteiger partial charge in [0, 0.05) is 7.05 Å². The van der Waals surface area contributed by atoms with E-state index in [0.717, 1.165) is 0 Å². The number of hydrogen-bond acceptors (Lipinski definition) is 2. The van der Waals surface area contributed by atoms with Gasteiger partial charge < -0.3 is 10.1 Å². The Labute approximate surface area is 56.4 Å². The zero-order valence-corrected chi connectivity index (χ0v) is 6.52. The molecule has 0 spiro atoms. The Kier molecular flexibility index (Phi) is 12.7. The molecule has 9 heavy (non-hydrogen) atoms. The standard InChI is InChI=1S/C3H7NO2.C3H8/c1-4-3(5)6-2;1-3-2/h1-2H3,(H,4,5);3H2,1-2H3. The molecule has 0 unspecified atom stereocenters. The van der Waals surface area contributed by atoms with Crippen molar-refractivity contribution in [2.75, 3.05) is 14.2 Å². The predicted molar refractivity (Wildman–Crippen MR) is 37.4 cm³/mol. The van der Waals surface area contributed by atoms with Gasteiger partial charge in [-0.2, -0.15) is 0 Å². The molecule has 0 aliphatic rings. The third kappa shape index (κ3) is 18.9. The van der Waals surface area contributed by atoms with Gasteiger partial charge in [-0.25, -0.2) is 4.79 Å². The Bertz CT molecular complexity index is 58.1. The van der Waals surface area contributed by atoms with E-state index in [-0.39, 0.29) is 0 Å². The van der Waals surface area contributed by atoms with Crippen LogP contribution in [0.3, 0.4) is 0 Å². The number of nitrogens with one attached hydrogen (secondary N) is 1. The monoisotopic (exact) mass is 133 g/mol. The Hall–Kier alpha value is -0.730. The van der Waals surface area contributed by atoms with Crippen molar-refractivity contribution in [3.63, 3.8) is 0 Å². The second-order valence-corrected chi connectivity index (χ2v) is 1.45. The average Bonchev–Trinajstić information content (AvgIpc) is 1.88. The average molecular weight is 133 g/mol. The van der Waals surface area contributed by atoms with E-state index in [2.05, 4.69) is 23.9 Å². The largest absolute Gasteiger partial charge is 0.453 e. The van der Waals surface area contributed by atoms with Crippen LogP contribution in [0.15, 0.2) is 0 Å². The molecule has 0 aromatic heterocycles. The zero-order chi connectivity index (χ0) is 7.70. The van der Waals surface area contributed by atoms with Gasteiger partial charge in [-0.3, -0.25) is 0 Å². The van der Waals surface area contributed by atoms with Crippen LogP contribution >= 0.6 is 0 Å². The third-order valence-electron chi connectivity index (χ3n) is 0.390. The minimum Gasteiger partial charge on any atom is -0.453 e. The van der Waals surface area contributed by atoms with E-state index in [1.165, 1.54) is 20.6 Å². The van der Waals surface area contributed by atoms with Gasteiger partial charge in [0.25, 0.3) is 0 Å². The summed E-state index contributed by atoms with van der Waals surface area (Å²) in [5.74, 6) is 0. The minimum absolute atomic E-state index is 0.407. The van der Waals surface area contributed by atoms with Crippen molar-refractivity contribution >= 4 is 6.09 Å².